The maximum absolute atomic E-state index is 5.88. The van der Waals surface area contributed by atoms with Gasteiger partial charge < -0.3 is 14.8 Å². The van der Waals surface area contributed by atoms with E-state index in [1.807, 2.05) is 17.9 Å². The summed E-state index contributed by atoms with van der Waals surface area (Å²) < 4.78 is 13.0. The molecule has 0 spiro atoms. The number of nitrogens with zero attached hydrogens (tertiary/aromatic N) is 2. The van der Waals surface area contributed by atoms with Gasteiger partial charge in [-0.15, -0.1) is 0 Å². The van der Waals surface area contributed by atoms with Crippen molar-refractivity contribution in [2.24, 2.45) is 13.0 Å². The van der Waals surface area contributed by atoms with Crippen molar-refractivity contribution in [1.29, 1.82) is 0 Å². The van der Waals surface area contributed by atoms with E-state index in [4.69, 9.17) is 9.47 Å². The van der Waals surface area contributed by atoms with Crippen molar-refractivity contribution in [3.8, 4) is 0 Å². The molecule has 1 aliphatic heterocycles. The van der Waals surface area contributed by atoms with Gasteiger partial charge in [0.25, 0.3) is 0 Å². The van der Waals surface area contributed by atoms with Crippen LogP contribution in [0.15, 0.2) is 12.3 Å². The number of aryl methyl sites for hydroxylation is 1. The summed E-state index contributed by atoms with van der Waals surface area (Å²) in [5.41, 5.74) is 1.17. The van der Waals surface area contributed by atoms with Gasteiger partial charge in [-0.25, -0.2) is 0 Å². The molecule has 2 rings (SSSR count). The fraction of sp³-hybridized carbons (Fsp3) is 0.786. The number of rotatable bonds is 7. The molecule has 1 fully saturated rings. The zero-order chi connectivity index (χ0) is 13.7. The number of aromatic nitrogens is 2. The minimum Gasteiger partial charge on any atom is -0.383 e. The Morgan fingerprint density at radius 1 is 1.63 bits per heavy atom. The summed E-state index contributed by atoms with van der Waals surface area (Å²) in [6.45, 7) is 4.75. The fourth-order valence-electron chi connectivity index (χ4n) is 2.67. The average Bonchev–Trinajstić information content (AvgIpc) is 3.02. The molecule has 0 aliphatic carbocycles. The average molecular weight is 267 g/mol. The van der Waals surface area contributed by atoms with Crippen molar-refractivity contribution >= 4 is 0 Å². The van der Waals surface area contributed by atoms with E-state index in [1.165, 1.54) is 5.69 Å². The quantitative estimate of drug-likeness (QED) is 0.813. The van der Waals surface area contributed by atoms with Crippen molar-refractivity contribution in [3.05, 3.63) is 18.0 Å². The minimum atomic E-state index is 0.167. The van der Waals surface area contributed by atoms with Crippen LogP contribution in [0.4, 0.5) is 0 Å². The van der Waals surface area contributed by atoms with Gasteiger partial charge in [-0.3, -0.25) is 4.68 Å². The van der Waals surface area contributed by atoms with Crippen LogP contribution in [0.1, 0.15) is 31.6 Å². The van der Waals surface area contributed by atoms with Gasteiger partial charge in [0.1, 0.15) is 6.10 Å². The van der Waals surface area contributed by atoms with Crippen molar-refractivity contribution in [3.63, 3.8) is 0 Å². The maximum Gasteiger partial charge on any atom is 0.103 e. The third-order valence-electron chi connectivity index (χ3n) is 3.89. The molecular weight excluding hydrogens is 242 g/mol. The molecule has 19 heavy (non-hydrogen) atoms. The second-order valence-electron chi connectivity index (χ2n) is 5.19. The van der Waals surface area contributed by atoms with Gasteiger partial charge in [0.2, 0.25) is 0 Å². The second-order valence-corrected chi connectivity index (χ2v) is 5.19. The van der Waals surface area contributed by atoms with Gasteiger partial charge >= 0.3 is 0 Å². The first-order chi connectivity index (χ1) is 9.26. The van der Waals surface area contributed by atoms with Crippen molar-refractivity contribution in [2.75, 3.05) is 26.9 Å². The highest BCUT2D eigenvalue weighted by atomic mass is 16.5. The first kappa shape index (κ1) is 14.5. The van der Waals surface area contributed by atoms with E-state index in [2.05, 4.69) is 23.4 Å². The highest BCUT2D eigenvalue weighted by Crippen LogP contribution is 2.33. The normalized spacial score (nSPS) is 24.8. The van der Waals surface area contributed by atoms with Crippen LogP contribution in [0.3, 0.4) is 0 Å². The SMILES string of the molecule is CC[C@@H](COC)NC[C@@H]1CCO[C@H]1c1ccnn1C. The third-order valence-corrected chi connectivity index (χ3v) is 3.89. The molecule has 3 atom stereocenters. The van der Waals surface area contributed by atoms with Crippen LogP contribution in [0.2, 0.25) is 0 Å². The van der Waals surface area contributed by atoms with Crippen molar-refractivity contribution < 1.29 is 9.47 Å². The molecule has 1 aromatic rings. The van der Waals surface area contributed by atoms with Crippen LogP contribution in [0.5, 0.6) is 0 Å². The lowest BCUT2D eigenvalue weighted by Crippen LogP contribution is -2.37. The lowest BCUT2D eigenvalue weighted by atomic mass is 9.98. The molecule has 0 unspecified atom stereocenters. The van der Waals surface area contributed by atoms with Crippen LogP contribution in [0.25, 0.3) is 0 Å². The molecule has 0 saturated carbocycles. The molecule has 1 N–H and O–H groups in total. The van der Waals surface area contributed by atoms with Crippen LogP contribution in [-0.4, -0.2) is 42.7 Å². The number of hydrogen-bond acceptors (Lipinski definition) is 4. The summed E-state index contributed by atoms with van der Waals surface area (Å²) in [6, 6.07) is 2.48. The number of methoxy groups -OCH3 is 1. The summed E-state index contributed by atoms with van der Waals surface area (Å²) in [4.78, 5) is 0. The van der Waals surface area contributed by atoms with E-state index in [1.54, 1.807) is 7.11 Å². The Hall–Kier alpha value is -0.910. The van der Waals surface area contributed by atoms with Gasteiger partial charge in [-0.05, 0) is 18.9 Å². The molecule has 0 bridgehead atoms. The minimum absolute atomic E-state index is 0.167. The molecule has 1 aromatic heterocycles. The second kappa shape index (κ2) is 7.03. The van der Waals surface area contributed by atoms with Gasteiger partial charge in [0, 0.05) is 45.5 Å². The van der Waals surface area contributed by atoms with Crippen molar-refractivity contribution in [2.45, 2.75) is 31.9 Å². The molecule has 0 amide bonds. The number of nitrogens with one attached hydrogen (secondary N) is 1. The molecule has 5 nitrogen and oxygen atoms in total. The Balaban J connectivity index is 1.91. The molecule has 108 valence electrons. The number of hydrogen-bond donors (Lipinski definition) is 1. The predicted octanol–water partition coefficient (Wildman–Crippen LogP) is 1.51. The van der Waals surface area contributed by atoms with E-state index in [0.717, 1.165) is 32.6 Å². The highest BCUT2D eigenvalue weighted by Gasteiger charge is 2.31. The molecular formula is C14H25N3O2. The van der Waals surface area contributed by atoms with E-state index >= 15 is 0 Å². The third kappa shape index (κ3) is 3.55. The smallest absolute Gasteiger partial charge is 0.103 e. The molecule has 2 heterocycles. The Bertz CT molecular complexity index is 381. The van der Waals surface area contributed by atoms with E-state index in [0.29, 0.717) is 12.0 Å². The molecule has 1 saturated heterocycles. The first-order valence-corrected chi connectivity index (χ1v) is 7.08. The maximum atomic E-state index is 5.88. The zero-order valence-electron chi connectivity index (χ0n) is 12.1. The molecule has 0 radical (unpaired) electrons. The fourth-order valence-corrected chi connectivity index (χ4v) is 2.67. The summed E-state index contributed by atoms with van der Waals surface area (Å²) in [5.74, 6) is 0.515. The van der Waals surface area contributed by atoms with Crippen LogP contribution in [0, 0.1) is 5.92 Å². The zero-order valence-corrected chi connectivity index (χ0v) is 12.1. The van der Waals surface area contributed by atoms with Crippen LogP contribution < -0.4 is 5.32 Å². The Kier molecular flexibility index (Phi) is 5.36. The van der Waals surface area contributed by atoms with Gasteiger partial charge in [0.05, 0.1) is 12.3 Å². The summed E-state index contributed by atoms with van der Waals surface area (Å²) >= 11 is 0. The van der Waals surface area contributed by atoms with Gasteiger partial charge in [0.15, 0.2) is 0 Å². The van der Waals surface area contributed by atoms with Crippen LogP contribution >= 0.6 is 0 Å². The summed E-state index contributed by atoms with van der Waals surface area (Å²) in [7, 11) is 3.72. The van der Waals surface area contributed by atoms with E-state index in [-0.39, 0.29) is 6.10 Å². The molecule has 1 aliphatic rings. The highest BCUT2D eigenvalue weighted by molar-refractivity contribution is 5.07. The van der Waals surface area contributed by atoms with Crippen LogP contribution in [-0.2, 0) is 16.5 Å². The van der Waals surface area contributed by atoms with E-state index in [9.17, 15) is 0 Å². The topological polar surface area (TPSA) is 48.3 Å². The number of ether oxygens (including phenoxy) is 2. The van der Waals surface area contributed by atoms with E-state index < -0.39 is 0 Å². The lowest BCUT2D eigenvalue weighted by Gasteiger charge is -2.22. The Morgan fingerprint density at radius 3 is 3.11 bits per heavy atom. The molecule has 0 aromatic carbocycles. The standard InChI is InChI=1S/C14H25N3O2/c1-4-12(10-18-3)15-9-11-6-8-19-14(11)13-5-7-16-17(13)2/h5,7,11-12,14-15H,4,6,8-10H2,1-3H3/t11-,12-,14+/m0/s1. The first-order valence-electron chi connectivity index (χ1n) is 7.08. The monoisotopic (exact) mass is 267 g/mol. The largest absolute Gasteiger partial charge is 0.383 e. The Morgan fingerprint density at radius 2 is 2.47 bits per heavy atom. The van der Waals surface area contributed by atoms with Crippen molar-refractivity contribution in [1.82, 2.24) is 15.1 Å². The van der Waals surface area contributed by atoms with Gasteiger partial charge in [-0.1, -0.05) is 6.92 Å². The van der Waals surface area contributed by atoms with Gasteiger partial charge in [-0.2, -0.15) is 5.10 Å². The molecule has 5 heteroatoms. The Labute approximate surface area is 115 Å². The lowest BCUT2D eigenvalue weighted by molar-refractivity contribution is 0.0813. The summed E-state index contributed by atoms with van der Waals surface area (Å²) in [6.07, 6.45) is 4.19. The summed E-state index contributed by atoms with van der Waals surface area (Å²) in [5, 5.41) is 7.82. The predicted molar refractivity (Wildman–Crippen MR) is 74.0 cm³/mol.